The molecule has 1 atom stereocenters. The molecule has 3 aromatic rings. The molecule has 170 valence electrons. The van der Waals surface area contributed by atoms with Crippen LogP contribution in [0.5, 0.6) is 0 Å². The summed E-state index contributed by atoms with van der Waals surface area (Å²) in [6.07, 6.45) is 2.18. The van der Waals surface area contributed by atoms with Gasteiger partial charge in [-0.15, -0.1) is 5.10 Å². The van der Waals surface area contributed by atoms with Gasteiger partial charge in [-0.1, -0.05) is 53.7 Å². The number of hydrogen-bond donors (Lipinski definition) is 2. The highest BCUT2D eigenvalue weighted by Crippen LogP contribution is 2.45. The molecule has 0 aliphatic heterocycles. The number of aromatic nitrogens is 3. The molecule has 1 amide bonds. The van der Waals surface area contributed by atoms with Crippen molar-refractivity contribution in [2.45, 2.75) is 37.4 Å². The van der Waals surface area contributed by atoms with Gasteiger partial charge in [0.1, 0.15) is 12.3 Å². The molecule has 1 heterocycles. The van der Waals surface area contributed by atoms with Gasteiger partial charge in [0.05, 0.1) is 19.3 Å². The number of rotatable bonds is 8. The molecule has 2 aliphatic rings. The standard InChI is InChI=1S/C24H24N4O5/c29-12-11-27-13-21(25-26-27)22(23(30)31)28(15-9-10-15)24(32)33-14-20-18-7-3-1-5-16(18)17-6-2-4-8-19(17)20/h1-8,13,15,20,22,29H,9-12,14H2,(H,30,31). The van der Waals surface area contributed by atoms with Crippen LogP contribution >= 0.6 is 0 Å². The normalized spacial score (nSPS) is 15.5. The van der Waals surface area contributed by atoms with Gasteiger partial charge < -0.3 is 14.9 Å². The number of nitrogens with zero attached hydrogens (tertiary/aromatic N) is 4. The van der Waals surface area contributed by atoms with Crippen LogP contribution in [0.25, 0.3) is 11.1 Å². The first-order chi connectivity index (χ1) is 16.1. The van der Waals surface area contributed by atoms with E-state index in [0.29, 0.717) is 12.8 Å². The van der Waals surface area contributed by atoms with Gasteiger partial charge in [-0.2, -0.15) is 0 Å². The monoisotopic (exact) mass is 448 g/mol. The lowest BCUT2D eigenvalue weighted by Crippen LogP contribution is -2.41. The van der Waals surface area contributed by atoms with Crippen LogP contribution in [-0.2, 0) is 16.1 Å². The lowest BCUT2D eigenvalue weighted by molar-refractivity contribution is -0.143. The van der Waals surface area contributed by atoms with E-state index in [4.69, 9.17) is 9.84 Å². The van der Waals surface area contributed by atoms with E-state index < -0.39 is 18.1 Å². The average molecular weight is 448 g/mol. The highest BCUT2D eigenvalue weighted by atomic mass is 16.6. The summed E-state index contributed by atoms with van der Waals surface area (Å²) in [5.74, 6) is -1.32. The Balaban J connectivity index is 1.38. The lowest BCUT2D eigenvalue weighted by atomic mass is 9.98. The highest BCUT2D eigenvalue weighted by molar-refractivity contribution is 5.82. The first-order valence-corrected chi connectivity index (χ1v) is 11.0. The van der Waals surface area contributed by atoms with Gasteiger partial charge in [0.15, 0.2) is 6.04 Å². The topological polar surface area (TPSA) is 118 Å². The zero-order valence-electron chi connectivity index (χ0n) is 17.9. The van der Waals surface area contributed by atoms with Gasteiger partial charge in [-0.05, 0) is 35.1 Å². The van der Waals surface area contributed by atoms with Crippen LogP contribution in [0.2, 0.25) is 0 Å². The summed E-state index contributed by atoms with van der Waals surface area (Å²) >= 11 is 0. The number of benzene rings is 2. The number of amides is 1. The van der Waals surface area contributed by atoms with Crippen molar-refractivity contribution in [1.29, 1.82) is 0 Å². The predicted molar refractivity (Wildman–Crippen MR) is 117 cm³/mol. The Morgan fingerprint density at radius 2 is 1.73 bits per heavy atom. The van der Waals surface area contributed by atoms with Gasteiger partial charge in [0.2, 0.25) is 0 Å². The summed E-state index contributed by atoms with van der Waals surface area (Å²) in [4.78, 5) is 26.6. The van der Waals surface area contributed by atoms with Crippen LogP contribution in [0.4, 0.5) is 4.79 Å². The molecule has 2 aliphatic carbocycles. The molecule has 0 radical (unpaired) electrons. The van der Waals surface area contributed by atoms with Crippen molar-refractivity contribution >= 4 is 12.1 Å². The van der Waals surface area contributed by atoms with E-state index in [1.165, 1.54) is 15.8 Å². The van der Waals surface area contributed by atoms with E-state index >= 15 is 0 Å². The summed E-state index contributed by atoms with van der Waals surface area (Å²) in [5, 5.41) is 26.8. The minimum atomic E-state index is -1.31. The molecule has 1 aromatic heterocycles. The van der Waals surface area contributed by atoms with Gasteiger partial charge in [0, 0.05) is 12.0 Å². The highest BCUT2D eigenvalue weighted by Gasteiger charge is 2.44. The number of aliphatic carboxylic acids is 1. The zero-order chi connectivity index (χ0) is 22.9. The number of hydrogen-bond acceptors (Lipinski definition) is 6. The minimum Gasteiger partial charge on any atom is -0.479 e. The number of aliphatic hydroxyl groups excluding tert-OH is 1. The number of carboxylic acid groups (broad SMARTS) is 1. The van der Waals surface area contributed by atoms with Gasteiger partial charge >= 0.3 is 12.1 Å². The molecule has 33 heavy (non-hydrogen) atoms. The second-order valence-electron chi connectivity index (χ2n) is 8.31. The Labute approximate surface area is 190 Å². The van der Waals surface area contributed by atoms with Crippen molar-refractivity contribution in [2.24, 2.45) is 0 Å². The number of carboxylic acids is 1. The molecule has 9 heteroatoms. The Kier molecular flexibility index (Phi) is 5.55. The maximum Gasteiger partial charge on any atom is 0.411 e. The third kappa shape index (κ3) is 3.95. The number of fused-ring (bicyclic) bond motifs is 3. The summed E-state index contributed by atoms with van der Waals surface area (Å²) < 4.78 is 7.09. The van der Waals surface area contributed by atoms with Crippen LogP contribution in [-0.4, -0.2) is 61.4 Å². The van der Waals surface area contributed by atoms with E-state index in [1.54, 1.807) is 0 Å². The van der Waals surface area contributed by atoms with Crippen LogP contribution in [0.3, 0.4) is 0 Å². The van der Waals surface area contributed by atoms with Gasteiger partial charge in [-0.3, -0.25) is 4.90 Å². The minimum absolute atomic E-state index is 0.111. The fraction of sp³-hybridized carbons (Fsp3) is 0.333. The van der Waals surface area contributed by atoms with Crippen molar-refractivity contribution in [3.05, 3.63) is 71.5 Å². The molecular formula is C24H24N4O5. The van der Waals surface area contributed by atoms with Crippen LogP contribution in [0.15, 0.2) is 54.7 Å². The van der Waals surface area contributed by atoms with Crippen molar-refractivity contribution in [1.82, 2.24) is 19.9 Å². The van der Waals surface area contributed by atoms with E-state index in [9.17, 15) is 14.7 Å². The van der Waals surface area contributed by atoms with Crippen LogP contribution < -0.4 is 0 Å². The molecule has 1 unspecified atom stereocenters. The Morgan fingerprint density at radius 3 is 2.30 bits per heavy atom. The fourth-order valence-electron chi connectivity index (χ4n) is 4.52. The molecule has 0 saturated heterocycles. The van der Waals surface area contributed by atoms with E-state index in [1.807, 2.05) is 36.4 Å². The molecule has 0 bridgehead atoms. The quantitative estimate of drug-likeness (QED) is 0.544. The summed E-state index contributed by atoms with van der Waals surface area (Å²) in [7, 11) is 0. The summed E-state index contributed by atoms with van der Waals surface area (Å²) in [5.41, 5.74) is 4.56. The molecule has 0 spiro atoms. The molecule has 9 nitrogen and oxygen atoms in total. The molecule has 5 rings (SSSR count). The first-order valence-electron chi connectivity index (χ1n) is 11.0. The Hall–Kier alpha value is -3.72. The number of carbonyl (C=O) groups excluding carboxylic acids is 1. The number of aliphatic hydroxyl groups is 1. The SMILES string of the molecule is O=C(O)C(c1cn(CCO)nn1)N(C(=O)OCC1c2ccccc2-c2ccccc21)C1CC1. The zero-order valence-corrected chi connectivity index (χ0v) is 17.9. The maximum atomic E-state index is 13.2. The summed E-state index contributed by atoms with van der Waals surface area (Å²) in [6.45, 7) is 0.145. The van der Waals surface area contributed by atoms with Crippen LogP contribution in [0, 0.1) is 0 Å². The second-order valence-corrected chi connectivity index (χ2v) is 8.31. The van der Waals surface area contributed by atoms with Crippen molar-refractivity contribution in [3.63, 3.8) is 0 Å². The van der Waals surface area contributed by atoms with E-state index in [2.05, 4.69) is 22.4 Å². The number of carbonyl (C=O) groups is 2. The van der Waals surface area contributed by atoms with Crippen molar-refractivity contribution in [2.75, 3.05) is 13.2 Å². The number of ether oxygens (including phenoxy) is 1. The largest absolute Gasteiger partial charge is 0.479 e. The smallest absolute Gasteiger partial charge is 0.411 e. The Morgan fingerprint density at radius 1 is 1.09 bits per heavy atom. The fourth-order valence-corrected chi connectivity index (χ4v) is 4.52. The first kappa shape index (κ1) is 21.1. The Bertz CT molecular complexity index is 1140. The third-order valence-corrected chi connectivity index (χ3v) is 6.16. The third-order valence-electron chi connectivity index (χ3n) is 6.16. The molecule has 1 saturated carbocycles. The van der Waals surface area contributed by atoms with Crippen molar-refractivity contribution in [3.8, 4) is 11.1 Å². The molecule has 2 N–H and O–H groups in total. The second kappa shape index (κ2) is 8.67. The average Bonchev–Trinajstić information content (AvgIpc) is 3.47. The van der Waals surface area contributed by atoms with Gasteiger partial charge in [0.25, 0.3) is 0 Å². The molecule has 2 aromatic carbocycles. The summed E-state index contributed by atoms with van der Waals surface area (Å²) in [6, 6.07) is 14.6. The molecule has 1 fully saturated rings. The van der Waals surface area contributed by atoms with Gasteiger partial charge in [-0.25, -0.2) is 14.3 Å². The van der Waals surface area contributed by atoms with E-state index in [-0.39, 0.29) is 37.4 Å². The molecular weight excluding hydrogens is 424 g/mol. The van der Waals surface area contributed by atoms with Crippen molar-refractivity contribution < 1.29 is 24.5 Å². The predicted octanol–water partition coefficient (Wildman–Crippen LogP) is 2.81. The lowest BCUT2D eigenvalue weighted by Gasteiger charge is -2.27. The maximum absolute atomic E-state index is 13.2. The van der Waals surface area contributed by atoms with Crippen LogP contribution in [0.1, 0.15) is 41.6 Å². The van der Waals surface area contributed by atoms with E-state index in [0.717, 1.165) is 22.3 Å².